The van der Waals surface area contributed by atoms with Gasteiger partial charge in [-0.3, -0.25) is 20.4 Å². The van der Waals surface area contributed by atoms with Crippen LogP contribution in [0.1, 0.15) is 5.56 Å². The molecule has 2 amide bonds. The lowest BCUT2D eigenvalue weighted by Gasteiger charge is -2.09. The van der Waals surface area contributed by atoms with Gasteiger partial charge in [0.05, 0.1) is 12.2 Å². The van der Waals surface area contributed by atoms with Gasteiger partial charge in [0.1, 0.15) is 5.82 Å². The predicted molar refractivity (Wildman–Crippen MR) is 106 cm³/mol. The van der Waals surface area contributed by atoms with Crippen LogP contribution in [0.15, 0.2) is 65.6 Å². The quantitative estimate of drug-likeness (QED) is 0.498. The molecule has 0 radical (unpaired) electrons. The Bertz CT molecular complexity index is 974. The van der Waals surface area contributed by atoms with Crippen LogP contribution in [-0.2, 0) is 16.0 Å². The highest BCUT2D eigenvalue weighted by molar-refractivity contribution is 8.00. The lowest BCUT2D eigenvalue weighted by molar-refractivity contribution is -0.127. The summed E-state index contributed by atoms with van der Waals surface area (Å²) in [5, 5.41) is 2.53. The molecule has 0 unspecified atom stereocenters. The molecule has 3 rings (SSSR count). The largest absolute Gasteiger partial charge is 0.273 e. The third kappa shape index (κ3) is 5.21. The second kappa shape index (κ2) is 8.88. The van der Waals surface area contributed by atoms with E-state index in [1.165, 1.54) is 36.0 Å². The van der Waals surface area contributed by atoms with Crippen molar-refractivity contribution in [2.24, 2.45) is 0 Å². The Balaban J connectivity index is 1.51. The first-order valence-corrected chi connectivity index (χ1v) is 9.51. The van der Waals surface area contributed by atoms with Crippen molar-refractivity contribution < 1.29 is 14.0 Å². The van der Waals surface area contributed by atoms with Crippen molar-refractivity contribution in [3.63, 3.8) is 0 Å². The van der Waals surface area contributed by atoms with Gasteiger partial charge in [-0.1, -0.05) is 48.0 Å². The van der Waals surface area contributed by atoms with Crippen molar-refractivity contribution in [3.8, 4) is 0 Å². The van der Waals surface area contributed by atoms with Gasteiger partial charge in [0.25, 0.3) is 0 Å². The lowest BCUT2D eigenvalue weighted by Crippen LogP contribution is -2.43. The standard InChI is InChI=1S/C20H16ClFN2O2S/c21-16-5-1-3-14-4-2-6-17(20(14)16)27-12-19(26)24-23-18(25)11-13-7-9-15(22)10-8-13/h1-10H,11-12H2,(H,23,25)(H,24,26). The van der Waals surface area contributed by atoms with Gasteiger partial charge >= 0.3 is 0 Å². The molecule has 3 aromatic carbocycles. The maximum absolute atomic E-state index is 12.9. The van der Waals surface area contributed by atoms with E-state index in [1.54, 1.807) is 0 Å². The first-order valence-electron chi connectivity index (χ1n) is 8.15. The lowest BCUT2D eigenvalue weighted by atomic mass is 10.1. The molecule has 0 bridgehead atoms. The molecule has 27 heavy (non-hydrogen) atoms. The van der Waals surface area contributed by atoms with Crippen LogP contribution in [0.2, 0.25) is 5.02 Å². The second-order valence-electron chi connectivity index (χ2n) is 5.78. The normalized spacial score (nSPS) is 10.6. The Labute approximate surface area is 165 Å². The highest BCUT2D eigenvalue weighted by Gasteiger charge is 2.10. The Morgan fingerprint density at radius 3 is 2.33 bits per heavy atom. The number of carbonyl (C=O) groups excluding carboxylic acids is 2. The summed E-state index contributed by atoms with van der Waals surface area (Å²) in [6.07, 6.45) is 0.0482. The van der Waals surface area contributed by atoms with Gasteiger partial charge in [0.15, 0.2) is 0 Å². The first-order chi connectivity index (χ1) is 13.0. The number of rotatable bonds is 5. The molecule has 0 fully saturated rings. The van der Waals surface area contributed by atoms with Gasteiger partial charge < -0.3 is 0 Å². The summed E-state index contributed by atoms with van der Waals surface area (Å²) in [5.74, 6) is -0.955. The van der Waals surface area contributed by atoms with E-state index < -0.39 is 0 Å². The molecule has 0 spiro atoms. The van der Waals surface area contributed by atoms with Gasteiger partial charge in [0, 0.05) is 15.3 Å². The molecule has 3 aromatic rings. The Morgan fingerprint density at radius 2 is 1.59 bits per heavy atom. The molecule has 2 N–H and O–H groups in total. The third-order valence-corrected chi connectivity index (χ3v) is 5.17. The summed E-state index contributed by atoms with van der Waals surface area (Å²) < 4.78 is 12.9. The number of nitrogens with one attached hydrogen (secondary N) is 2. The zero-order valence-electron chi connectivity index (χ0n) is 14.2. The fraction of sp³-hybridized carbons (Fsp3) is 0.100. The minimum absolute atomic E-state index is 0.0482. The zero-order chi connectivity index (χ0) is 19.2. The monoisotopic (exact) mass is 402 g/mol. The van der Waals surface area contributed by atoms with E-state index in [0.717, 1.165) is 15.7 Å². The highest BCUT2D eigenvalue weighted by atomic mass is 35.5. The van der Waals surface area contributed by atoms with Crippen LogP contribution in [-0.4, -0.2) is 17.6 Å². The number of amides is 2. The SMILES string of the molecule is O=C(CSc1cccc2cccc(Cl)c12)NNC(=O)Cc1ccc(F)cc1. The van der Waals surface area contributed by atoms with E-state index in [0.29, 0.717) is 10.6 Å². The first kappa shape index (κ1) is 19.2. The minimum Gasteiger partial charge on any atom is -0.273 e. The van der Waals surface area contributed by atoms with E-state index in [2.05, 4.69) is 10.9 Å². The van der Waals surface area contributed by atoms with E-state index in [4.69, 9.17) is 11.6 Å². The number of hydrazine groups is 1. The molecule has 0 saturated heterocycles. The predicted octanol–water partition coefficient (Wildman–Crippen LogP) is 4.11. The van der Waals surface area contributed by atoms with Crippen molar-refractivity contribution in [3.05, 3.63) is 77.1 Å². The number of halogens is 2. The average Bonchev–Trinajstić information content (AvgIpc) is 2.66. The molecular weight excluding hydrogens is 387 g/mol. The van der Waals surface area contributed by atoms with Crippen molar-refractivity contribution in [2.75, 3.05) is 5.75 Å². The molecule has 0 aliphatic carbocycles. The smallest absolute Gasteiger partial charge is 0.248 e. The number of hydrogen-bond acceptors (Lipinski definition) is 3. The Morgan fingerprint density at radius 1 is 0.926 bits per heavy atom. The maximum Gasteiger partial charge on any atom is 0.248 e. The topological polar surface area (TPSA) is 58.2 Å². The van der Waals surface area contributed by atoms with Crippen molar-refractivity contribution in [2.45, 2.75) is 11.3 Å². The summed E-state index contributed by atoms with van der Waals surface area (Å²) in [4.78, 5) is 24.8. The zero-order valence-corrected chi connectivity index (χ0v) is 15.7. The highest BCUT2D eigenvalue weighted by Crippen LogP contribution is 2.32. The maximum atomic E-state index is 12.9. The van der Waals surface area contributed by atoms with E-state index in [9.17, 15) is 14.0 Å². The number of carbonyl (C=O) groups is 2. The second-order valence-corrected chi connectivity index (χ2v) is 7.21. The molecule has 138 valence electrons. The van der Waals surface area contributed by atoms with Crippen LogP contribution < -0.4 is 10.9 Å². The molecule has 0 atom stereocenters. The molecular formula is C20H16ClFN2O2S. The van der Waals surface area contributed by atoms with Crippen LogP contribution in [0, 0.1) is 5.82 Å². The fourth-order valence-corrected chi connectivity index (χ4v) is 3.78. The summed E-state index contributed by atoms with van der Waals surface area (Å²) in [7, 11) is 0. The van der Waals surface area contributed by atoms with Crippen LogP contribution in [0.3, 0.4) is 0 Å². The van der Waals surface area contributed by atoms with E-state index in [-0.39, 0.29) is 29.8 Å². The number of fused-ring (bicyclic) bond motifs is 1. The molecule has 0 aliphatic heterocycles. The number of thioether (sulfide) groups is 1. The van der Waals surface area contributed by atoms with Gasteiger partial charge in [-0.05, 0) is 35.2 Å². The number of hydrogen-bond donors (Lipinski definition) is 2. The average molecular weight is 403 g/mol. The van der Waals surface area contributed by atoms with Crippen molar-refractivity contribution in [1.29, 1.82) is 0 Å². The Hall–Kier alpha value is -2.57. The van der Waals surface area contributed by atoms with Crippen LogP contribution in [0.4, 0.5) is 4.39 Å². The third-order valence-electron chi connectivity index (χ3n) is 3.79. The molecule has 4 nitrogen and oxygen atoms in total. The van der Waals surface area contributed by atoms with Gasteiger partial charge in [-0.25, -0.2) is 4.39 Å². The van der Waals surface area contributed by atoms with Crippen LogP contribution in [0.5, 0.6) is 0 Å². The summed E-state index contributed by atoms with van der Waals surface area (Å²) in [6.45, 7) is 0. The fourth-order valence-electron chi connectivity index (χ4n) is 2.53. The van der Waals surface area contributed by atoms with Gasteiger partial charge in [-0.2, -0.15) is 0 Å². The Kier molecular flexibility index (Phi) is 6.32. The summed E-state index contributed by atoms with van der Waals surface area (Å²) in [6, 6.07) is 17.0. The minimum atomic E-state index is -0.381. The van der Waals surface area contributed by atoms with Crippen LogP contribution in [0.25, 0.3) is 10.8 Å². The number of benzene rings is 3. The van der Waals surface area contributed by atoms with Crippen molar-refractivity contribution >= 4 is 45.9 Å². The molecule has 0 aliphatic rings. The van der Waals surface area contributed by atoms with E-state index in [1.807, 2.05) is 36.4 Å². The molecule has 7 heteroatoms. The molecule has 0 heterocycles. The summed E-state index contributed by atoms with van der Waals surface area (Å²) in [5.41, 5.74) is 5.39. The van der Waals surface area contributed by atoms with Gasteiger partial charge in [-0.15, -0.1) is 11.8 Å². The van der Waals surface area contributed by atoms with Crippen LogP contribution >= 0.6 is 23.4 Å². The van der Waals surface area contributed by atoms with Crippen molar-refractivity contribution in [1.82, 2.24) is 10.9 Å². The molecule has 0 saturated carbocycles. The molecule has 0 aromatic heterocycles. The summed E-state index contributed by atoms with van der Waals surface area (Å²) >= 11 is 7.61. The van der Waals surface area contributed by atoms with Gasteiger partial charge in [0.2, 0.25) is 11.8 Å². The van der Waals surface area contributed by atoms with E-state index >= 15 is 0 Å².